The van der Waals surface area contributed by atoms with Gasteiger partial charge in [0.25, 0.3) is 5.91 Å². The van der Waals surface area contributed by atoms with Crippen LogP contribution in [0.3, 0.4) is 0 Å². The van der Waals surface area contributed by atoms with E-state index >= 15 is 0 Å². The summed E-state index contributed by atoms with van der Waals surface area (Å²) >= 11 is 3.85. The van der Waals surface area contributed by atoms with Crippen molar-refractivity contribution in [3.05, 3.63) is 33.2 Å². The standard InChI is InChI=1S/C14H22N4O3S.C14H24N4O2S.C4H4N2O2S/c1-14(2,3)21-13(20)16-9-4-6-18(7-5-9)11(19)10-8-22-12(15)17-10;1-14(2,3)20-13(19)17-10-4-6-18(7-5-10)8-11-9-21-12(15)16-11;5-4-6-2(1-9-4)3(7)8/h8-9H,4-7H2,1-3H3,(H2,15,17)(H,16,20);9-10H,4-8H2,1-3H3,(H2,15,16)(H,17,19);1H,(H2,5,6)(H,7,8). The molecule has 9 N–H and O–H groups in total. The van der Waals surface area contributed by atoms with Crippen molar-refractivity contribution in [1.29, 1.82) is 0 Å². The molecule has 2 aliphatic rings. The molecule has 3 aromatic heterocycles. The molecule has 288 valence electrons. The molecule has 2 saturated heterocycles. The number of aromatic carboxylic acids is 1. The van der Waals surface area contributed by atoms with Crippen molar-refractivity contribution in [2.45, 2.75) is 97.1 Å². The molecular formula is C32H50N10O7S3. The first-order chi connectivity index (χ1) is 24.3. The molecule has 3 amide bonds. The maximum atomic E-state index is 12.2. The number of hydrogen-bond acceptors (Lipinski definition) is 16. The second kappa shape index (κ2) is 19.0. The van der Waals surface area contributed by atoms with E-state index in [9.17, 15) is 19.2 Å². The van der Waals surface area contributed by atoms with Crippen molar-refractivity contribution in [2.24, 2.45) is 0 Å². The molecule has 3 aromatic rings. The first kappa shape index (κ1) is 42.1. The lowest BCUT2D eigenvalue weighted by Crippen LogP contribution is -2.47. The highest BCUT2D eigenvalue weighted by atomic mass is 32.1. The summed E-state index contributed by atoms with van der Waals surface area (Å²) in [6.45, 7) is 15.0. The zero-order chi connectivity index (χ0) is 38.6. The van der Waals surface area contributed by atoms with Crippen LogP contribution in [0.2, 0.25) is 0 Å². The zero-order valence-corrected chi connectivity index (χ0v) is 32.8. The molecule has 0 unspecified atom stereocenters. The van der Waals surface area contributed by atoms with E-state index in [2.05, 4.69) is 30.5 Å². The van der Waals surface area contributed by atoms with Crippen molar-refractivity contribution < 1.29 is 33.8 Å². The number of amides is 3. The van der Waals surface area contributed by atoms with Crippen LogP contribution in [-0.2, 0) is 16.0 Å². The van der Waals surface area contributed by atoms with Gasteiger partial charge in [-0.2, -0.15) is 0 Å². The number of nitrogens with two attached hydrogens (primary N) is 3. The first-order valence-electron chi connectivity index (χ1n) is 16.6. The van der Waals surface area contributed by atoms with Crippen LogP contribution in [0.25, 0.3) is 0 Å². The van der Waals surface area contributed by atoms with E-state index in [0.29, 0.717) is 41.9 Å². The average molecular weight is 783 g/mol. The van der Waals surface area contributed by atoms with E-state index in [0.717, 1.165) is 49.5 Å². The molecule has 0 atom stereocenters. The summed E-state index contributed by atoms with van der Waals surface area (Å²) in [6, 6.07) is 0.219. The molecular weight excluding hydrogens is 733 g/mol. The molecule has 0 radical (unpaired) electrons. The molecule has 0 aliphatic carbocycles. The van der Waals surface area contributed by atoms with E-state index in [4.69, 9.17) is 31.8 Å². The van der Waals surface area contributed by atoms with Gasteiger partial charge < -0.3 is 47.3 Å². The number of carbonyl (C=O) groups excluding carboxylic acids is 3. The number of hydrogen-bond donors (Lipinski definition) is 6. The van der Waals surface area contributed by atoms with Crippen LogP contribution >= 0.6 is 34.0 Å². The third kappa shape index (κ3) is 15.5. The van der Waals surface area contributed by atoms with E-state index in [-0.39, 0.29) is 34.9 Å². The van der Waals surface area contributed by atoms with Gasteiger partial charge in [-0.15, -0.1) is 34.0 Å². The lowest BCUT2D eigenvalue weighted by molar-refractivity contribution is 0.0461. The number of carbonyl (C=O) groups is 4. The summed E-state index contributed by atoms with van der Waals surface area (Å²) < 4.78 is 10.5. The van der Waals surface area contributed by atoms with Crippen LogP contribution in [-0.4, -0.2) is 103 Å². The Morgan fingerprint density at radius 1 is 0.731 bits per heavy atom. The Kier molecular flexibility index (Phi) is 15.4. The number of nitrogen functional groups attached to an aromatic ring is 3. The average Bonchev–Trinajstić information content (AvgIpc) is 3.78. The molecule has 17 nitrogen and oxygen atoms in total. The van der Waals surface area contributed by atoms with E-state index in [1.165, 1.54) is 28.1 Å². The third-order valence-corrected chi connectivity index (χ3v) is 9.32. The Balaban J connectivity index is 0.000000228. The number of nitrogens with zero attached hydrogens (tertiary/aromatic N) is 5. The Labute approximate surface area is 315 Å². The number of nitrogens with one attached hydrogen (secondary N) is 2. The predicted octanol–water partition coefficient (Wildman–Crippen LogP) is 4.49. The van der Waals surface area contributed by atoms with E-state index in [1.807, 2.05) is 46.9 Å². The number of likely N-dealkylation sites (tertiary alicyclic amines) is 2. The minimum absolute atomic E-state index is 0.0116. The lowest BCUT2D eigenvalue weighted by atomic mass is 10.1. The quantitative estimate of drug-likeness (QED) is 0.202. The lowest BCUT2D eigenvalue weighted by Gasteiger charge is -2.32. The summed E-state index contributed by atoms with van der Waals surface area (Å²) in [7, 11) is 0. The summed E-state index contributed by atoms with van der Waals surface area (Å²) in [5, 5.41) is 20.4. The smallest absolute Gasteiger partial charge is 0.407 e. The van der Waals surface area contributed by atoms with Crippen molar-refractivity contribution in [1.82, 2.24) is 35.4 Å². The fourth-order valence-corrected chi connectivity index (χ4v) is 6.60. The Bertz CT molecular complexity index is 1620. The Morgan fingerprint density at radius 3 is 1.52 bits per heavy atom. The van der Waals surface area contributed by atoms with Crippen molar-refractivity contribution >= 4 is 73.5 Å². The molecule has 5 rings (SSSR count). The number of aromatic nitrogens is 3. The second-order valence-corrected chi connectivity index (χ2v) is 16.7. The second-order valence-electron chi connectivity index (χ2n) is 14.0. The fourth-order valence-electron chi connectivity index (χ4n) is 4.97. The van der Waals surface area contributed by atoms with Crippen LogP contribution in [0.4, 0.5) is 25.0 Å². The monoisotopic (exact) mass is 782 g/mol. The van der Waals surface area contributed by atoms with Gasteiger partial charge in [-0.05, 0) is 67.2 Å². The molecule has 0 aromatic carbocycles. The van der Waals surface area contributed by atoms with Gasteiger partial charge in [0.15, 0.2) is 21.1 Å². The minimum Gasteiger partial charge on any atom is -0.476 e. The van der Waals surface area contributed by atoms with Gasteiger partial charge in [0.05, 0.1) is 5.69 Å². The fraction of sp³-hybridized carbons (Fsp3) is 0.594. The van der Waals surface area contributed by atoms with E-state index in [1.54, 1.807) is 10.3 Å². The Morgan fingerprint density at radius 2 is 1.15 bits per heavy atom. The number of carboxylic acid groups (broad SMARTS) is 1. The van der Waals surface area contributed by atoms with Gasteiger partial charge >= 0.3 is 18.2 Å². The number of ether oxygens (including phenoxy) is 2. The molecule has 5 heterocycles. The van der Waals surface area contributed by atoms with Gasteiger partial charge in [0, 0.05) is 60.9 Å². The number of piperidine rings is 2. The molecule has 0 spiro atoms. The maximum Gasteiger partial charge on any atom is 0.407 e. The number of alkyl carbamates (subject to hydrolysis) is 2. The molecule has 0 saturated carbocycles. The maximum absolute atomic E-state index is 12.2. The summed E-state index contributed by atoms with van der Waals surface area (Å²) in [6.07, 6.45) is 2.52. The third-order valence-electron chi connectivity index (χ3n) is 7.25. The summed E-state index contributed by atoms with van der Waals surface area (Å²) in [4.78, 5) is 61.7. The number of anilines is 3. The van der Waals surface area contributed by atoms with Crippen LogP contribution in [0.1, 0.15) is 93.9 Å². The largest absolute Gasteiger partial charge is 0.476 e. The van der Waals surface area contributed by atoms with Crippen LogP contribution in [0.5, 0.6) is 0 Å². The summed E-state index contributed by atoms with van der Waals surface area (Å²) in [5.41, 5.74) is 16.8. The predicted molar refractivity (Wildman–Crippen MR) is 203 cm³/mol. The normalized spacial score (nSPS) is 15.7. The van der Waals surface area contributed by atoms with Crippen LogP contribution in [0.15, 0.2) is 16.1 Å². The molecule has 2 fully saturated rings. The van der Waals surface area contributed by atoms with Gasteiger partial charge in [-0.3, -0.25) is 9.69 Å². The SMILES string of the molecule is CC(C)(C)OC(=O)NC1CCN(C(=O)c2csc(N)n2)CC1.CC(C)(C)OC(=O)NC1CCN(Cc2csc(N)n2)CC1.Nc1nc(C(=O)O)cs1. The van der Waals surface area contributed by atoms with Gasteiger partial charge in [-0.1, -0.05) is 0 Å². The minimum atomic E-state index is -1.04. The van der Waals surface area contributed by atoms with Crippen molar-refractivity contribution in [3.63, 3.8) is 0 Å². The topological polar surface area (TPSA) is 254 Å². The molecule has 2 aliphatic heterocycles. The van der Waals surface area contributed by atoms with Gasteiger partial charge in [-0.25, -0.2) is 29.3 Å². The van der Waals surface area contributed by atoms with Crippen LogP contribution in [0, 0.1) is 0 Å². The van der Waals surface area contributed by atoms with E-state index < -0.39 is 23.3 Å². The zero-order valence-electron chi connectivity index (χ0n) is 30.3. The number of thiazole rings is 3. The highest BCUT2D eigenvalue weighted by Gasteiger charge is 2.27. The van der Waals surface area contributed by atoms with Gasteiger partial charge in [0.1, 0.15) is 16.9 Å². The number of rotatable bonds is 6. The van der Waals surface area contributed by atoms with Crippen molar-refractivity contribution in [3.8, 4) is 0 Å². The first-order valence-corrected chi connectivity index (χ1v) is 19.3. The Hall–Kier alpha value is -4.27. The highest BCUT2D eigenvalue weighted by molar-refractivity contribution is 7.14. The van der Waals surface area contributed by atoms with Crippen LogP contribution < -0.4 is 27.8 Å². The highest BCUT2D eigenvalue weighted by Crippen LogP contribution is 2.19. The number of carboxylic acids is 1. The summed E-state index contributed by atoms with van der Waals surface area (Å²) in [5.74, 6) is -1.15. The molecule has 52 heavy (non-hydrogen) atoms. The molecule has 0 bridgehead atoms. The van der Waals surface area contributed by atoms with Crippen molar-refractivity contribution in [2.75, 3.05) is 43.4 Å². The van der Waals surface area contributed by atoms with Gasteiger partial charge in [0.2, 0.25) is 0 Å². The molecule has 20 heteroatoms.